The van der Waals surface area contributed by atoms with Crippen LogP contribution in [0.15, 0.2) is 0 Å². The number of aromatic nitrogens is 4. The smallest absolute Gasteiger partial charge is 0.264 e. The second kappa shape index (κ2) is 4.67. The number of nitrogens with zero attached hydrogens (tertiary/aromatic N) is 4. The van der Waals surface area contributed by atoms with Crippen LogP contribution in [-0.4, -0.2) is 41.5 Å². The number of hydrogen-bond donors (Lipinski definition) is 0. The standard InChI is InChI=1S/C7H14N4O3S/c1-6(2)11-9-7(8-10-11)4-5-14-15(3,12)13/h6H,4-5H2,1-3H3. The first-order valence-corrected chi connectivity index (χ1v) is 6.33. The molecule has 86 valence electrons. The van der Waals surface area contributed by atoms with E-state index in [1.807, 2.05) is 13.8 Å². The molecule has 0 saturated heterocycles. The molecule has 8 heteroatoms. The molecule has 1 aromatic rings. The fraction of sp³-hybridized carbons (Fsp3) is 0.857. The summed E-state index contributed by atoms with van der Waals surface area (Å²) in [5.41, 5.74) is 0. The topological polar surface area (TPSA) is 87.0 Å². The van der Waals surface area contributed by atoms with Crippen molar-refractivity contribution < 1.29 is 12.6 Å². The number of tetrazole rings is 1. The van der Waals surface area contributed by atoms with E-state index in [1.54, 1.807) is 0 Å². The van der Waals surface area contributed by atoms with Gasteiger partial charge in [-0.2, -0.15) is 13.2 Å². The zero-order valence-corrected chi connectivity index (χ0v) is 9.73. The Morgan fingerprint density at radius 1 is 1.47 bits per heavy atom. The van der Waals surface area contributed by atoms with E-state index in [1.165, 1.54) is 4.80 Å². The lowest BCUT2D eigenvalue weighted by Gasteiger charge is -1.99. The van der Waals surface area contributed by atoms with Gasteiger partial charge in [-0.05, 0) is 19.1 Å². The van der Waals surface area contributed by atoms with Gasteiger partial charge in [0.25, 0.3) is 10.1 Å². The molecular formula is C7H14N4O3S. The van der Waals surface area contributed by atoms with Crippen molar-refractivity contribution in [2.24, 2.45) is 0 Å². The molecule has 0 N–H and O–H groups in total. The van der Waals surface area contributed by atoms with Crippen LogP contribution >= 0.6 is 0 Å². The van der Waals surface area contributed by atoms with Crippen molar-refractivity contribution in [3.63, 3.8) is 0 Å². The highest BCUT2D eigenvalue weighted by Gasteiger charge is 2.07. The first-order valence-electron chi connectivity index (χ1n) is 4.51. The summed E-state index contributed by atoms with van der Waals surface area (Å²) < 4.78 is 25.9. The maximum Gasteiger partial charge on any atom is 0.264 e. The zero-order valence-electron chi connectivity index (χ0n) is 8.91. The lowest BCUT2D eigenvalue weighted by molar-refractivity contribution is 0.322. The lowest BCUT2D eigenvalue weighted by atomic mass is 10.4. The molecule has 0 unspecified atom stereocenters. The molecule has 7 nitrogen and oxygen atoms in total. The molecule has 0 aliphatic heterocycles. The molecule has 0 saturated carbocycles. The van der Waals surface area contributed by atoms with Crippen molar-refractivity contribution in [2.75, 3.05) is 12.9 Å². The third-order valence-corrected chi connectivity index (χ3v) is 2.15. The SMILES string of the molecule is CC(C)n1nnc(CCOS(C)(=O)=O)n1. The minimum absolute atomic E-state index is 0.0443. The molecule has 0 bridgehead atoms. The van der Waals surface area contributed by atoms with E-state index in [4.69, 9.17) is 0 Å². The van der Waals surface area contributed by atoms with Gasteiger partial charge >= 0.3 is 0 Å². The summed E-state index contributed by atoms with van der Waals surface area (Å²) in [6, 6.07) is 0.141. The third kappa shape index (κ3) is 4.34. The predicted octanol–water partition coefficient (Wildman–Crippen LogP) is -0.227. The summed E-state index contributed by atoms with van der Waals surface area (Å²) in [5, 5.41) is 11.6. The van der Waals surface area contributed by atoms with E-state index < -0.39 is 10.1 Å². The Labute approximate surface area is 88.6 Å². The van der Waals surface area contributed by atoms with Gasteiger partial charge in [0.1, 0.15) is 0 Å². The summed E-state index contributed by atoms with van der Waals surface area (Å²) in [7, 11) is -3.39. The Morgan fingerprint density at radius 2 is 2.13 bits per heavy atom. The molecule has 1 rings (SSSR count). The van der Waals surface area contributed by atoms with E-state index in [2.05, 4.69) is 19.6 Å². The number of hydrogen-bond acceptors (Lipinski definition) is 6. The molecular weight excluding hydrogens is 220 g/mol. The van der Waals surface area contributed by atoms with E-state index in [0.29, 0.717) is 12.2 Å². The minimum atomic E-state index is -3.39. The maximum atomic E-state index is 10.7. The molecule has 15 heavy (non-hydrogen) atoms. The van der Waals surface area contributed by atoms with E-state index >= 15 is 0 Å². The van der Waals surface area contributed by atoms with Crippen LogP contribution in [-0.2, 0) is 20.7 Å². The molecule has 0 aliphatic rings. The highest BCUT2D eigenvalue weighted by atomic mass is 32.2. The fourth-order valence-corrected chi connectivity index (χ4v) is 1.24. The normalized spacial score (nSPS) is 12.3. The minimum Gasteiger partial charge on any atom is -0.270 e. The maximum absolute atomic E-state index is 10.7. The van der Waals surface area contributed by atoms with Gasteiger partial charge in [0.15, 0.2) is 5.82 Å². The van der Waals surface area contributed by atoms with Crippen LogP contribution in [0.2, 0.25) is 0 Å². The van der Waals surface area contributed by atoms with Crippen LogP contribution in [0.3, 0.4) is 0 Å². The van der Waals surface area contributed by atoms with Gasteiger partial charge in [0.2, 0.25) is 0 Å². The zero-order chi connectivity index (χ0) is 11.5. The van der Waals surface area contributed by atoms with Crippen molar-refractivity contribution in [2.45, 2.75) is 26.3 Å². The Balaban J connectivity index is 2.45. The molecule has 0 amide bonds. The third-order valence-electron chi connectivity index (χ3n) is 1.55. The average Bonchev–Trinajstić information content (AvgIpc) is 2.50. The average molecular weight is 234 g/mol. The highest BCUT2D eigenvalue weighted by Crippen LogP contribution is 1.99. The Hall–Kier alpha value is -1.02. The van der Waals surface area contributed by atoms with Crippen LogP contribution < -0.4 is 0 Å². The molecule has 0 radical (unpaired) electrons. The molecule has 0 atom stereocenters. The Bertz CT molecular complexity index is 412. The van der Waals surface area contributed by atoms with Crippen molar-refractivity contribution in [1.82, 2.24) is 20.2 Å². The molecule has 0 aliphatic carbocycles. The van der Waals surface area contributed by atoms with Gasteiger partial charge in [0.05, 0.1) is 18.9 Å². The molecule has 1 aromatic heterocycles. The first-order chi connectivity index (χ1) is 6.88. The molecule has 1 heterocycles. The van der Waals surface area contributed by atoms with E-state index in [0.717, 1.165) is 6.26 Å². The summed E-state index contributed by atoms with van der Waals surface area (Å²) in [6.45, 7) is 3.90. The van der Waals surface area contributed by atoms with E-state index in [-0.39, 0.29) is 12.6 Å². The van der Waals surface area contributed by atoms with Crippen molar-refractivity contribution in [3.8, 4) is 0 Å². The Kier molecular flexibility index (Phi) is 3.75. The predicted molar refractivity (Wildman–Crippen MR) is 52.7 cm³/mol. The van der Waals surface area contributed by atoms with Gasteiger partial charge in [-0.15, -0.1) is 10.2 Å². The largest absolute Gasteiger partial charge is 0.270 e. The second-order valence-electron chi connectivity index (χ2n) is 3.40. The van der Waals surface area contributed by atoms with Crippen LogP contribution in [0.5, 0.6) is 0 Å². The van der Waals surface area contributed by atoms with E-state index in [9.17, 15) is 8.42 Å². The second-order valence-corrected chi connectivity index (χ2v) is 5.04. The van der Waals surface area contributed by atoms with Crippen LogP contribution in [0, 0.1) is 0 Å². The highest BCUT2D eigenvalue weighted by molar-refractivity contribution is 7.85. The molecule has 0 aromatic carbocycles. The van der Waals surface area contributed by atoms with Crippen molar-refractivity contribution in [3.05, 3.63) is 5.82 Å². The quantitative estimate of drug-likeness (QED) is 0.654. The van der Waals surface area contributed by atoms with Crippen LogP contribution in [0.25, 0.3) is 0 Å². The van der Waals surface area contributed by atoms with Crippen molar-refractivity contribution >= 4 is 10.1 Å². The summed E-state index contributed by atoms with van der Waals surface area (Å²) in [5.74, 6) is 0.479. The van der Waals surface area contributed by atoms with Crippen LogP contribution in [0.1, 0.15) is 25.7 Å². The monoisotopic (exact) mass is 234 g/mol. The van der Waals surface area contributed by atoms with Gasteiger partial charge in [-0.3, -0.25) is 4.18 Å². The van der Waals surface area contributed by atoms with Gasteiger partial charge in [-0.1, -0.05) is 0 Å². The summed E-state index contributed by atoms with van der Waals surface area (Å²) in [4.78, 5) is 1.47. The van der Waals surface area contributed by atoms with Crippen molar-refractivity contribution in [1.29, 1.82) is 0 Å². The van der Waals surface area contributed by atoms with Gasteiger partial charge in [-0.25, -0.2) is 0 Å². The summed E-state index contributed by atoms with van der Waals surface area (Å²) in [6.07, 6.45) is 1.34. The number of rotatable bonds is 5. The van der Waals surface area contributed by atoms with Gasteiger partial charge < -0.3 is 0 Å². The molecule has 0 fully saturated rings. The summed E-state index contributed by atoms with van der Waals surface area (Å²) >= 11 is 0. The van der Waals surface area contributed by atoms with Gasteiger partial charge in [0, 0.05) is 6.42 Å². The first kappa shape index (κ1) is 12.1. The van der Waals surface area contributed by atoms with Crippen LogP contribution in [0.4, 0.5) is 0 Å². The lowest BCUT2D eigenvalue weighted by Crippen LogP contribution is -2.08. The molecule has 0 spiro atoms. The fourth-order valence-electron chi connectivity index (χ4n) is 0.859. The Morgan fingerprint density at radius 3 is 2.60 bits per heavy atom.